The van der Waals surface area contributed by atoms with Crippen LogP contribution < -0.4 is 9.64 Å². The third kappa shape index (κ3) is 2.95. The van der Waals surface area contributed by atoms with Crippen molar-refractivity contribution < 1.29 is 23.0 Å². The Kier molecular flexibility index (Phi) is 3.09. The van der Waals surface area contributed by atoms with Gasteiger partial charge < -0.3 is 14.7 Å². The first kappa shape index (κ1) is 12.3. The molecule has 0 amide bonds. The van der Waals surface area contributed by atoms with Crippen molar-refractivity contribution in [2.75, 3.05) is 18.0 Å². The third-order valence-electron chi connectivity index (χ3n) is 2.37. The highest BCUT2D eigenvalue weighted by molar-refractivity contribution is 6.32. The van der Waals surface area contributed by atoms with Gasteiger partial charge in [0.15, 0.2) is 0 Å². The lowest BCUT2D eigenvalue weighted by Crippen LogP contribution is -2.50. The van der Waals surface area contributed by atoms with Crippen LogP contribution in [0.5, 0.6) is 5.75 Å². The summed E-state index contributed by atoms with van der Waals surface area (Å²) in [6.45, 7) is 0.908. The number of rotatable bonds is 2. The molecule has 0 atom stereocenters. The van der Waals surface area contributed by atoms with Gasteiger partial charge in [-0.25, -0.2) is 0 Å². The van der Waals surface area contributed by atoms with Crippen molar-refractivity contribution in [3.63, 3.8) is 0 Å². The molecule has 0 aliphatic carbocycles. The van der Waals surface area contributed by atoms with Crippen LogP contribution in [0.2, 0.25) is 5.02 Å². The normalized spacial score (nSPS) is 16.9. The van der Waals surface area contributed by atoms with Gasteiger partial charge in [0.25, 0.3) is 0 Å². The molecule has 17 heavy (non-hydrogen) atoms. The summed E-state index contributed by atoms with van der Waals surface area (Å²) in [6, 6.07) is 4.02. The number of benzene rings is 1. The van der Waals surface area contributed by atoms with Gasteiger partial charge in [0.05, 0.1) is 11.1 Å². The summed E-state index contributed by atoms with van der Waals surface area (Å²) in [4.78, 5) is 1.80. The van der Waals surface area contributed by atoms with Crippen LogP contribution in [0.1, 0.15) is 0 Å². The number of anilines is 1. The molecule has 1 fully saturated rings. The molecule has 3 nitrogen and oxygen atoms in total. The maximum absolute atomic E-state index is 12.0. The average molecular weight is 268 g/mol. The molecule has 0 unspecified atom stereocenters. The second-order valence-electron chi connectivity index (χ2n) is 3.72. The van der Waals surface area contributed by atoms with Crippen molar-refractivity contribution in [3.8, 4) is 5.75 Å². The topological polar surface area (TPSA) is 32.7 Å². The molecular weight excluding hydrogens is 259 g/mol. The molecule has 0 bridgehead atoms. The number of aliphatic hydroxyl groups excluding tert-OH is 1. The molecule has 94 valence electrons. The van der Waals surface area contributed by atoms with E-state index in [2.05, 4.69) is 4.74 Å². The number of β-amino-alcohol motifs (C(OH)–C–C–N with tert-alkyl or cyclic N) is 1. The zero-order valence-corrected chi connectivity index (χ0v) is 9.29. The fourth-order valence-corrected chi connectivity index (χ4v) is 1.77. The summed E-state index contributed by atoms with van der Waals surface area (Å²) in [5.74, 6) is -0.427. The van der Waals surface area contributed by atoms with Crippen LogP contribution in [0.4, 0.5) is 18.9 Å². The summed E-state index contributed by atoms with van der Waals surface area (Å²) in [5, 5.41) is 9.00. The monoisotopic (exact) mass is 267 g/mol. The first-order valence-corrected chi connectivity index (χ1v) is 5.21. The maximum atomic E-state index is 12.0. The van der Waals surface area contributed by atoms with E-state index >= 15 is 0 Å². The number of aliphatic hydroxyl groups is 1. The third-order valence-corrected chi connectivity index (χ3v) is 2.66. The summed E-state index contributed by atoms with van der Waals surface area (Å²) in [6.07, 6.45) is -5.14. The Hall–Kier alpha value is -1.14. The van der Waals surface area contributed by atoms with Crippen LogP contribution in [0.25, 0.3) is 0 Å². The van der Waals surface area contributed by atoms with Gasteiger partial charge >= 0.3 is 6.36 Å². The smallest absolute Gasteiger partial charge is 0.404 e. The zero-order chi connectivity index (χ0) is 12.6. The predicted octanol–water partition coefficient (Wildman–Crippen LogP) is 2.42. The quantitative estimate of drug-likeness (QED) is 0.893. The molecular formula is C10H9ClF3NO2. The SMILES string of the molecule is OC1CN(c2ccc(OC(F)(F)F)c(Cl)c2)C1. The van der Waals surface area contributed by atoms with Gasteiger partial charge in [0, 0.05) is 18.8 Å². The van der Waals surface area contributed by atoms with Gasteiger partial charge in [0.2, 0.25) is 0 Å². The molecule has 0 radical (unpaired) electrons. The molecule has 2 rings (SSSR count). The van der Waals surface area contributed by atoms with Crippen LogP contribution in [0, 0.1) is 0 Å². The molecule has 1 heterocycles. The van der Waals surface area contributed by atoms with Crippen LogP contribution in [0.15, 0.2) is 18.2 Å². The Morgan fingerprint density at radius 1 is 1.35 bits per heavy atom. The summed E-state index contributed by atoms with van der Waals surface area (Å²) < 4.78 is 39.7. The van der Waals surface area contributed by atoms with E-state index in [0.717, 1.165) is 6.07 Å². The van der Waals surface area contributed by atoms with Crippen LogP contribution in [-0.2, 0) is 0 Å². The maximum Gasteiger partial charge on any atom is 0.573 e. The first-order chi connectivity index (χ1) is 7.85. The fourth-order valence-electron chi connectivity index (χ4n) is 1.56. The number of nitrogens with zero attached hydrogens (tertiary/aromatic N) is 1. The van der Waals surface area contributed by atoms with Crippen LogP contribution in [0.3, 0.4) is 0 Å². The van der Waals surface area contributed by atoms with Crippen molar-refractivity contribution in [2.24, 2.45) is 0 Å². The highest BCUT2D eigenvalue weighted by Gasteiger charge is 2.32. The Labute approximate surface area is 100 Å². The molecule has 1 aromatic rings. The van der Waals surface area contributed by atoms with Crippen molar-refractivity contribution in [1.82, 2.24) is 0 Å². The van der Waals surface area contributed by atoms with Crippen molar-refractivity contribution in [2.45, 2.75) is 12.5 Å². The van der Waals surface area contributed by atoms with Gasteiger partial charge in [0.1, 0.15) is 5.75 Å². The summed E-state index contributed by atoms with van der Waals surface area (Å²) in [7, 11) is 0. The number of hydrogen-bond acceptors (Lipinski definition) is 3. The first-order valence-electron chi connectivity index (χ1n) is 4.83. The lowest BCUT2D eigenvalue weighted by molar-refractivity contribution is -0.274. The Morgan fingerprint density at radius 2 is 2.00 bits per heavy atom. The van der Waals surface area contributed by atoms with E-state index in [1.807, 2.05) is 0 Å². The van der Waals surface area contributed by atoms with Crippen LogP contribution in [-0.4, -0.2) is 30.7 Å². The van der Waals surface area contributed by atoms with Gasteiger partial charge in [-0.1, -0.05) is 11.6 Å². The van der Waals surface area contributed by atoms with E-state index in [1.165, 1.54) is 12.1 Å². The number of alkyl halides is 3. The predicted molar refractivity (Wildman–Crippen MR) is 56.4 cm³/mol. The highest BCUT2D eigenvalue weighted by Crippen LogP contribution is 2.34. The molecule has 1 aliphatic rings. The van der Waals surface area contributed by atoms with Crippen molar-refractivity contribution in [1.29, 1.82) is 0 Å². The number of halogens is 4. The molecule has 1 N–H and O–H groups in total. The Bertz CT molecular complexity index is 419. The van der Waals surface area contributed by atoms with E-state index in [1.54, 1.807) is 4.90 Å². The second-order valence-corrected chi connectivity index (χ2v) is 4.13. The molecule has 1 aromatic carbocycles. The molecule has 0 aromatic heterocycles. The highest BCUT2D eigenvalue weighted by atomic mass is 35.5. The van der Waals surface area contributed by atoms with Crippen molar-refractivity contribution in [3.05, 3.63) is 23.2 Å². The van der Waals surface area contributed by atoms with E-state index < -0.39 is 12.1 Å². The molecule has 1 saturated heterocycles. The Balaban J connectivity index is 2.12. The largest absolute Gasteiger partial charge is 0.573 e. The Morgan fingerprint density at radius 3 is 2.47 bits per heavy atom. The van der Waals surface area contributed by atoms with Crippen LogP contribution >= 0.6 is 11.6 Å². The minimum atomic E-state index is -4.75. The zero-order valence-electron chi connectivity index (χ0n) is 8.54. The standard InChI is InChI=1S/C10H9ClF3NO2/c11-8-3-6(15-4-7(16)5-15)1-2-9(8)17-10(12,13)14/h1-3,7,16H,4-5H2. The number of hydrogen-bond donors (Lipinski definition) is 1. The van der Waals surface area contributed by atoms with Gasteiger partial charge in [-0.3, -0.25) is 0 Å². The van der Waals surface area contributed by atoms with E-state index in [9.17, 15) is 13.2 Å². The lowest BCUT2D eigenvalue weighted by atomic mass is 10.1. The van der Waals surface area contributed by atoms with Gasteiger partial charge in [-0.05, 0) is 18.2 Å². The molecule has 0 spiro atoms. The van der Waals surface area contributed by atoms with E-state index in [-0.39, 0.29) is 11.1 Å². The van der Waals surface area contributed by atoms with Gasteiger partial charge in [-0.2, -0.15) is 0 Å². The summed E-state index contributed by atoms with van der Waals surface area (Å²) >= 11 is 5.68. The minimum Gasteiger partial charge on any atom is -0.404 e. The van der Waals surface area contributed by atoms with E-state index in [4.69, 9.17) is 16.7 Å². The average Bonchev–Trinajstić information content (AvgIpc) is 2.15. The molecule has 7 heteroatoms. The number of ether oxygens (including phenoxy) is 1. The fraction of sp³-hybridized carbons (Fsp3) is 0.400. The minimum absolute atomic E-state index is 0.110. The molecule has 0 saturated carbocycles. The van der Waals surface area contributed by atoms with Gasteiger partial charge in [-0.15, -0.1) is 13.2 Å². The summed E-state index contributed by atoms with van der Waals surface area (Å²) in [5.41, 5.74) is 0.662. The molecule has 1 aliphatic heterocycles. The lowest BCUT2D eigenvalue weighted by Gasteiger charge is -2.38. The van der Waals surface area contributed by atoms with E-state index in [0.29, 0.717) is 18.8 Å². The second kappa shape index (κ2) is 4.27. The van der Waals surface area contributed by atoms with Crippen molar-refractivity contribution >= 4 is 17.3 Å².